The van der Waals surface area contributed by atoms with Crippen LogP contribution in [0.15, 0.2) is 29.2 Å². The second-order valence-corrected chi connectivity index (χ2v) is 7.52. The molecular weight excluding hydrogens is 397 g/mol. The Kier molecular flexibility index (Phi) is 5.93. The van der Waals surface area contributed by atoms with Gasteiger partial charge in [0.1, 0.15) is 3.92 Å². The quantitative estimate of drug-likeness (QED) is 0.440. The number of esters is 1. The number of amides is 1. The lowest BCUT2D eigenvalue weighted by Crippen LogP contribution is -2.33. The van der Waals surface area contributed by atoms with Crippen LogP contribution in [-0.2, 0) is 19.4 Å². The monoisotopic (exact) mass is 411 g/mol. The Morgan fingerprint density at radius 1 is 1.30 bits per heavy atom. The topological polar surface area (TPSA) is 89.5 Å². The first-order valence-electron chi connectivity index (χ1n) is 5.56. The van der Waals surface area contributed by atoms with Crippen molar-refractivity contribution in [1.29, 1.82) is 0 Å². The summed E-state index contributed by atoms with van der Waals surface area (Å²) < 4.78 is 26.6. The third kappa shape index (κ3) is 4.75. The van der Waals surface area contributed by atoms with Crippen molar-refractivity contribution in [3.63, 3.8) is 0 Å². The Balaban J connectivity index is 2.67. The Bertz CT molecular complexity index is 597. The summed E-state index contributed by atoms with van der Waals surface area (Å²) in [5.74, 6) is -0.797. The van der Waals surface area contributed by atoms with Crippen LogP contribution in [-0.4, -0.2) is 44.1 Å². The third-order valence-electron chi connectivity index (χ3n) is 2.44. The fraction of sp³-hybridized carbons (Fsp3) is 0.333. The summed E-state index contributed by atoms with van der Waals surface area (Å²) in [4.78, 5) is 23.1. The van der Waals surface area contributed by atoms with Gasteiger partial charge >= 0.3 is 5.97 Å². The minimum absolute atomic E-state index is 0.139. The predicted molar refractivity (Wildman–Crippen MR) is 81.7 cm³/mol. The number of methoxy groups -OCH3 is 1. The molecule has 6 nitrogen and oxygen atoms in total. The fourth-order valence-corrected chi connectivity index (χ4v) is 2.45. The molecular formula is C12H14INO5S. The molecule has 8 heteroatoms. The summed E-state index contributed by atoms with van der Waals surface area (Å²) in [5, 5.41) is 2.58. The lowest BCUT2D eigenvalue weighted by Gasteiger charge is -2.09. The molecule has 1 N–H and O–H groups in total. The van der Waals surface area contributed by atoms with Crippen LogP contribution >= 0.6 is 22.6 Å². The predicted octanol–water partition coefficient (Wildman–Crippen LogP) is 0.796. The number of carbonyl (C=O) groups excluding carboxylic acids is 2. The molecule has 0 saturated carbocycles. The molecule has 0 saturated heterocycles. The van der Waals surface area contributed by atoms with Gasteiger partial charge in [-0.2, -0.15) is 0 Å². The maximum atomic E-state index is 11.8. The molecule has 0 heterocycles. The van der Waals surface area contributed by atoms with Crippen LogP contribution < -0.4 is 5.32 Å². The molecule has 110 valence electrons. The number of hydrogen-bond donors (Lipinski definition) is 1. The van der Waals surface area contributed by atoms with E-state index in [1.54, 1.807) is 0 Å². The van der Waals surface area contributed by atoms with Crippen molar-refractivity contribution in [3.05, 3.63) is 29.8 Å². The first kappa shape index (κ1) is 16.9. The number of benzene rings is 1. The van der Waals surface area contributed by atoms with Gasteiger partial charge in [-0.1, -0.05) is 22.6 Å². The largest absolute Gasteiger partial charge is 0.468 e. The van der Waals surface area contributed by atoms with Crippen molar-refractivity contribution < 1.29 is 22.7 Å². The van der Waals surface area contributed by atoms with Gasteiger partial charge in [-0.05, 0) is 24.3 Å². The minimum Gasteiger partial charge on any atom is -0.468 e. The summed E-state index contributed by atoms with van der Waals surface area (Å²) >= 11 is 1.87. The molecule has 1 rings (SSSR count). The lowest BCUT2D eigenvalue weighted by atomic mass is 10.2. The van der Waals surface area contributed by atoms with Gasteiger partial charge in [0.25, 0.3) is 5.91 Å². The van der Waals surface area contributed by atoms with Gasteiger partial charge in [0.05, 0.1) is 12.0 Å². The fourth-order valence-electron chi connectivity index (χ4n) is 1.35. The molecule has 1 aromatic carbocycles. The minimum atomic E-state index is -3.28. The number of sulfone groups is 1. The van der Waals surface area contributed by atoms with Crippen LogP contribution in [0.4, 0.5) is 0 Å². The zero-order chi connectivity index (χ0) is 15.3. The molecule has 0 aliphatic heterocycles. The van der Waals surface area contributed by atoms with Gasteiger partial charge in [0.15, 0.2) is 9.84 Å². The Labute approximate surface area is 130 Å². The standard InChI is InChI=1S/C12H14INO5S/c1-19-12(16)10(13)7-14-11(15)8-3-5-9(6-4-8)20(2,17)18/h3-6,10H,7H2,1-2H3,(H,14,15). The van der Waals surface area contributed by atoms with E-state index < -0.39 is 19.7 Å². The summed E-state index contributed by atoms with van der Waals surface area (Å²) in [6, 6.07) is 5.58. The molecule has 0 fully saturated rings. The molecule has 1 unspecified atom stereocenters. The third-order valence-corrected chi connectivity index (χ3v) is 4.52. The summed E-state index contributed by atoms with van der Waals surface area (Å²) in [7, 11) is -2.00. The maximum absolute atomic E-state index is 11.8. The molecule has 0 spiro atoms. The molecule has 1 amide bonds. The molecule has 0 bridgehead atoms. The normalized spacial score (nSPS) is 12.6. The second-order valence-electron chi connectivity index (χ2n) is 4.00. The van der Waals surface area contributed by atoms with E-state index in [9.17, 15) is 18.0 Å². The Hall–Kier alpha value is -1.16. The Morgan fingerprint density at radius 2 is 1.85 bits per heavy atom. The van der Waals surface area contributed by atoms with E-state index in [-0.39, 0.29) is 17.3 Å². The van der Waals surface area contributed by atoms with Gasteiger partial charge in [0, 0.05) is 18.4 Å². The van der Waals surface area contributed by atoms with Crippen molar-refractivity contribution >= 4 is 44.3 Å². The van der Waals surface area contributed by atoms with Gasteiger partial charge in [-0.3, -0.25) is 9.59 Å². The highest BCUT2D eigenvalue weighted by Gasteiger charge is 2.16. The number of nitrogens with one attached hydrogen (secondary N) is 1. The van der Waals surface area contributed by atoms with Gasteiger partial charge in [0.2, 0.25) is 0 Å². The number of rotatable bonds is 5. The van der Waals surface area contributed by atoms with Gasteiger partial charge in [-0.25, -0.2) is 8.42 Å². The number of halogens is 1. The van der Waals surface area contributed by atoms with Crippen molar-refractivity contribution in [2.45, 2.75) is 8.82 Å². The summed E-state index contributed by atoms with van der Waals surface area (Å²) in [5.41, 5.74) is 0.325. The first-order valence-corrected chi connectivity index (χ1v) is 8.69. The van der Waals surface area contributed by atoms with E-state index in [0.29, 0.717) is 5.56 Å². The van der Waals surface area contributed by atoms with E-state index in [2.05, 4.69) is 10.1 Å². The van der Waals surface area contributed by atoms with Crippen LogP contribution in [0, 0.1) is 0 Å². The number of alkyl halides is 1. The van der Waals surface area contributed by atoms with Crippen LogP contribution in [0.5, 0.6) is 0 Å². The molecule has 0 radical (unpaired) electrons. The smallest absolute Gasteiger partial charge is 0.320 e. The van der Waals surface area contributed by atoms with Crippen molar-refractivity contribution in [2.24, 2.45) is 0 Å². The molecule has 0 aliphatic carbocycles. The van der Waals surface area contributed by atoms with Crippen LogP contribution in [0.3, 0.4) is 0 Å². The van der Waals surface area contributed by atoms with Crippen molar-refractivity contribution in [1.82, 2.24) is 5.32 Å². The van der Waals surface area contributed by atoms with Gasteiger partial charge < -0.3 is 10.1 Å². The van der Waals surface area contributed by atoms with E-state index in [1.165, 1.54) is 31.4 Å². The molecule has 1 atom stereocenters. The maximum Gasteiger partial charge on any atom is 0.320 e. The highest BCUT2D eigenvalue weighted by atomic mass is 127. The molecule has 20 heavy (non-hydrogen) atoms. The van der Waals surface area contributed by atoms with Crippen molar-refractivity contribution in [2.75, 3.05) is 19.9 Å². The highest BCUT2D eigenvalue weighted by Crippen LogP contribution is 2.10. The average Bonchev–Trinajstić information content (AvgIpc) is 2.42. The zero-order valence-electron chi connectivity index (χ0n) is 10.9. The summed E-state index contributed by atoms with van der Waals surface area (Å²) in [6.45, 7) is 0.139. The zero-order valence-corrected chi connectivity index (χ0v) is 13.9. The van der Waals surface area contributed by atoms with E-state index in [0.717, 1.165) is 6.26 Å². The highest BCUT2D eigenvalue weighted by molar-refractivity contribution is 14.1. The van der Waals surface area contributed by atoms with Crippen LogP contribution in [0.2, 0.25) is 0 Å². The molecule has 1 aromatic rings. The van der Waals surface area contributed by atoms with E-state index in [1.807, 2.05) is 22.6 Å². The molecule has 0 aliphatic rings. The number of hydrogen-bond acceptors (Lipinski definition) is 5. The van der Waals surface area contributed by atoms with Crippen molar-refractivity contribution in [3.8, 4) is 0 Å². The van der Waals surface area contributed by atoms with E-state index >= 15 is 0 Å². The number of carbonyl (C=O) groups is 2. The molecule has 0 aromatic heterocycles. The second kappa shape index (κ2) is 7.02. The lowest BCUT2D eigenvalue weighted by molar-refractivity contribution is -0.139. The summed E-state index contributed by atoms with van der Waals surface area (Å²) in [6.07, 6.45) is 1.10. The first-order chi connectivity index (χ1) is 9.25. The van der Waals surface area contributed by atoms with Crippen LogP contribution in [0.25, 0.3) is 0 Å². The number of ether oxygens (including phenoxy) is 1. The SMILES string of the molecule is COC(=O)C(I)CNC(=O)c1ccc(S(C)(=O)=O)cc1. The van der Waals surface area contributed by atoms with Gasteiger partial charge in [-0.15, -0.1) is 0 Å². The van der Waals surface area contributed by atoms with Crippen LogP contribution in [0.1, 0.15) is 10.4 Å². The Morgan fingerprint density at radius 3 is 2.30 bits per heavy atom. The van der Waals surface area contributed by atoms with E-state index in [4.69, 9.17) is 0 Å². The average molecular weight is 411 g/mol.